The summed E-state index contributed by atoms with van der Waals surface area (Å²) in [6.45, 7) is 3.10. The zero-order chi connectivity index (χ0) is 19.6. The van der Waals surface area contributed by atoms with E-state index < -0.39 is 0 Å². The largest absolute Gasteiger partial charge is 0.299 e. The molecule has 1 aliphatic heterocycles. The second kappa shape index (κ2) is 7.93. The van der Waals surface area contributed by atoms with Crippen molar-refractivity contribution < 1.29 is 0 Å². The summed E-state index contributed by atoms with van der Waals surface area (Å²) < 4.78 is 2.00. The van der Waals surface area contributed by atoms with Crippen molar-refractivity contribution in [3.63, 3.8) is 0 Å². The number of aromatic nitrogens is 4. The number of halogens is 1. The van der Waals surface area contributed by atoms with Gasteiger partial charge in [0.05, 0.1) is 23.1 Å². The molecule has 0 saturated carbocycles. The fourth-order valence-corrected chi connectivity index (χ4v) is 4.31. The summed E-state index contributed by atoms with van der Waals surface area (Å²) in [5, 5.41) is 6.95. The third-order valence-corrected chi connectivity index (χ3v) is 5.94. The average Bonchev–Trinajstić information content (AvgIpc) is 3.15. The van der Waals surface area contributed by atoms with E-state index in [1.54, 1.807) is 0 Å². The molecule has 0 bridgehead atoms. The predicted octanol–water partition coefficient (Wildman–Crippen LogP) is 4.85. The van der Waals surface area contributed by atoms with Crippen LogP contribution in [0.2, 0.25) is 5.02 Å². The van der Waals surface area contributed by atoms with Crippen molar-refractivity contribution in [3.8, 4) is 5.69 Å². The molecule has 1 aliphatic rings. The Bertz CT molecular complexity index is 1100. The number of fused-ring (bicyclic) bond motifs is 1. The van der Waals surface area contributed by atoms with Crippen molar-refractivity contribution in [2.45, 2.75) is 25.3 Å². The Morgan fingerprint density at radius 2 is 1.72 bits per heavy atom. The zero-order valence-corrected chi connectivity index (χ0v) is 16.8. The Morgan fingerprint density at radius 3 is 2.48 bits per heavy atom. The third kappa shape index (κ3) is 3.76. The number of nitrogens with zero attached hydrogens (tertiary/aromatic N) is 5. The molecule has 0 unspecified atom stereocenters. The van der Waals surface area contributed by atoms with Gasteiger partial charge >= 0.3 is 0 Å². The molecule has 3 aromatic heterocycles. The number of pyridine rings is 2. The molecule has 5 rings (SSSR count). The normalized spacial score (nSPS) is 15.8. The van der Waals surface area contributed by atoms with Crippen LogP contribution in [-0.4, -0.2) is 37.7 Å². The fraction of sp³-hybridized carbons (Fsp3) is 0.261. The van der Waals surface area contributed by atoms with E-state index in [0.717, 1.165) is 48.7 Å². The summed E-state index contributed by atoms with van der Waals surface area (Å²) in [4.78, 5) is 11.1. The maximum Gasteiger partial charge on any atom is 0.0927 e. The molecule has 29 heavy (non-hydrogen) atoms. The first kappa shape index (κ1) is 18.3. The lowest BCUT2D eigenvalue weighted by Gasteiger charge is -2.31. The lowest BCUT2D eigenvalue weighted by Crippen LogP contribution is -2.32. The van der Waals surface area contributed by atoms with Gasteiger partial charge in [0, 0.05) is 41.5 Å². The molecule has 0 radical (unpaired) electrons. The highest BCUT2D eigenvalue weighted by atomic mass is 35.5. The van der Waals surface area contributed by atoms with Gasteiger partial charge in [-0.2, -0.15) is 5.10 Å². The van der Waals surface area contributed by atoms with Crippen LogP contribution in [0, 0.1) is 0 Å². The Hall–Kier alpha value is -2.76. The molecule has 0 amide bonds. The van der Waals surface area contributed by atoms with Gasteiger partial charge in [0.1, 0.15) is 0 Å². The lowest BCUT2D eigenvalue weighted by molar-refractivity contribution is 0.203. The number of likely N-dealkylation sites (tertiary alicyclic amines) is 1. The van der Waals surface area contributed by atoms with Crippen LogP contribution in [0.4, 0.5) is 0 Å². The minimum absolute atomic E-state index is 0.457. The standard InChI is InChI=1S/C23H22ClN5/c24-19-3-5-20(6-4-19)29-22-15-26-11-7-21(22)23(27-29)18-8-12-28(13-9-18)16-17-2-1-10-25-14-17/h1-7,10-11,14-15,18H,8-9,12-13,16H2. The van der Waals surface area contributed by atoms with Gasteiger partial charge in [-0.1, -0.05) is 17.7 Å². The van der Waals surface area contributed by atoms with E-state index in [4.69, 9.17) is 16.7 Å². The van der Waals surface area contributed by atoms with Gasteiger partial charge in [-0.15, -0.1) is 0 Å². The van der Waals surface area contributed by atoms with Gasteiger partial charge in [-0.05, 0) is 67.9 Å². The summed E-state index contributed by atoms with van der Waals surface area (Å²) in [6, 6.07) is 14.0. The fourth-order valence-electron chi connectivity index (χ4n) is 4.18. The third-order valence-electron chi connectivity index (χ3n) is 5.69. The maximum atomic E-state index is 6.07. The van der Waals surface area contributed by atoms with Crippen molar-refractivity contribution in [1.82, 2.24) is 24.6 Å². The van der Waals surface area contributed by atoms with Crippen LogP contribution in [0.1, 0.15) is 30.0 Å². The molecule has 6 heteroatoms. The Morgan fingerprint density at radius 1 is 0.931 bits per heavy atom. The number of hydrogen-bond donors (Lipinski definition) is 0. The van der Waals surface area contributed by atoms with E-state index in [-0.39, 0.29) is 0 Å². The monoisotopic (exact) mass is 403 g/mol. The number of benzene rings is 1. The Kier molecular flexibility index (Phi) is 5.00. The Labute approximate surface area is 175 Å². The molecule has 4 aromatic rings. The van der Waals surface area contributed by atoms with Crippen LogP contribution < -0.4 is 0 Å². The van der Waals surface area contributed by atoms with Crippen molar-refractivity contribution in [2.75, 3.05) is 13.1 Å². The van der Waals surface area contributed by atoms with Crippen LogP contribution in [0.3, 0.4) is 0 Å². The van der Waals surface area contributed by atoms with E-state index in [0.29, 0.717) is 5.92 Å². The topological polar surface area (TPSA) is 46.8 Å². The first-order valence-electron chi connectivity index (χ1n) is 9.98. The van der Waals surface area contributed by atoms with Crippen LogP contribution in [0.15, 0.2) is 67.3 Å². The lowest BCUT2D eigenvalue weighted by atomic mass is 9.91. The summed E-state index contributed by atoms with van der Waals surface area (Å²) in [7, 11) is 0. The van der Waals surface area contributed by atoms with E-state index >= 15 is 0 Å². The molecule has 0 N–H and O–H groups in total. The summed E-state index contributed by atoms with van der Waals surface area (Å²) >= 11 is 6.07. The molecule has 1 saturated heterocycles. The average molecular weight is 404 g/mol. The summed E-state index contributed by atoms with van der Waals surface area (Å²) in [5.74, 6) is 0.457. The van der Waals surface area contributed by atoms with Crippen LogP contribution in [-0.2, 0) is 6.54 Å². The molecular formula is C23H22ClN5. The summed E-state index contributed by atoms with van der Waals surface area (Å²) in [6.07, 6.45) is 9.76. The molecule has 1 aromatic carbocycles. The minimum atomic E-state index is 0.457. The second-order valence-electron chi connectivity index (χ2n) is 7.58. The molecule has 1 fully saturated rings. The molecule has 0 aliphatic carbocycles. The highest BCUT2D eigenvalue weighted by Crippen LogP contribution is 2.33. The van der Waals surface area contributed by atoms with Gasteiger partial charge in [0.15, 0.2) is 0 Å². The van der Waals surface area contributed by atoms with Crippen molar-refractivity contribution >= 4 is 22.5 Å². The minimum Gasteiger partial charge on any atom is -0.299 e. The van der Waals surface area contributed by atoms with Gasteiger partial charge in [0.2, 0.25) is 0 Å². The number of piperidine rings is 1. The SMILES string of the molecule is Clc1ccc(-n2nc(C3CCN(Cc4cccnc4)CC3)c3ccncc32)cc1. The first-order chi connectivity index (χ1) is 14.3. The van der Waals surface area contributed by atoms with Gasteiger partial charge in [-0.3, -0.25) is 14.9 Å². The maximum absolute atomic E-state index is 6.07. The molecule has 5 nitrogen and oxygen atoms in total. The zero-order valence-electron chi connectivity index (χ0n) is 16.1. The predicted molar refractivity (Wildman–Crippen MR) is 115 cm³/mol. The van der Waals surface area contributed by atoms with E-state index in [1.165, 1.54) is 16.6 Å². The van der Waals surface area contributed by atoms with Crippen LogP contribution in [0.25, 0.3) is 16.6 Å². The summed E-state index contributed by atoms with van der Waals surface area (Å²) in [5.41, 5.74) is 4.50. The van der Waals surface area contributed by atoms with Crippen molar-refractivity contribution in [3.05, 3.63) is 83.5 Å². The van der Waals surface area contributed by atoms with Gasteiger partial charge < -0.3 is 0 Å². The highest BCUT2D eigenvalue weighted by molar-refractivity contribution is 6.30. The van der Waals surface area contributed by atoms with Gasteiger partial charge in [0.25, 0.3) is 0 Å². The number of hydrogen-bond acceptors (Lipinski definition) is 4. The van der Waals surface area contributed by atoms with E-state index in [9.17, 15) is 0 Å². The molecule has 4 heterocycles. The van der Waals surface area contributed by atoms with E-state index in [2.05, 4.69) is 27.0 Å². The second-order valence-corrected chi connectivity index (χ2v) is 8.01. The first-order valence-corrected chi connectivity index (χ1v) is 10.4. The van der Waals surface area contributed by atoms with E-state index in [1.807, 2.05) is 59.8 Å². The molecule has 146 valence electrons. The highest BCUT2D eigenvalue weighted by Gasteiger charge is 2.25. The van der Waals surface area contributed by atoms with Crippen molar-refractivity contribution in [2.24, 2.45) is 0 Å². The molecular weight excluding hydrogens is 382 g/mol. The van der Waals surface area contributed by atoms with Gasteiger partial charge in [-0.25, -0.2) is 4.68 Å². The van der Waals surface area contributed by atoms with Crippen LogP contribution >= 0.6 is 11.6 Å². The quantitative estimate of drug-likeness (QED) is 0.488. The smallest absolute Gasteiger partial charge is 0.0927 e. The molecule has 0 atom stereocenters. The Balaban J connectivity index is 1.39. The van der Waals surface area contributed by atoms with Crippen molar-refractivity contribution in [1.29, 1.82) is 0 Å². The molecule has 0 spiro atoms. The van der Waals surface area contributed by atoms with Crippen LogP contribution in [0.5, 0.6) is 0 Å². The number of rotatable bonds is 4.